The maximum Gasteiger partial charge on any atom is 0.243 e. The number of carbonyl (C=O) groups excluding carboxylic acids is 2. The summed E-state index contributed by atoms with van der Waals surface area (Å²) in [5.74, 6) is 6.00. The van der Waals surface area contributed by atoms with Crippen molar-refractivity contribution in [3.63, 3.8) is 0 Å². The Morgan fingerprint density at radius 1 is 1.50 bits per heavy atom. The molecule has 20 heavy (non-hydrogen) atoms. The van der Waals surface area contributed by atoms with Crippen LogP contribution in [0.25, 0.3) is 0 Å². The van der Waals surface area contributed by atoms with Crippen LogP contribution < -0.4 is 10.6 Å². The van der Waals surface area contributed by atoms with Crippen LogP contribution in [-0.4, -0.2) is 37.1 Å². The lowest BCUT2D eigenvalue weighted by atomic mass is 9.93. The SMILES string of the molecule is C[C@H]1CC(=O)N[C@@H](C(=O)NCC#CC2CCCCO2)C1. The van der Waals surface area contributed by atoms with E-state index in [2.05, 4.69) is 22.5 Å². The number of carbonyl (C=O) groups is 2. The van der Waals surface area contributed by atoms with Gasteiger partial charge < -0.3 is 15.4 Å². The molecule has 2 amide bonds. The molecule has 0 aromatic heterocycles. The van der Waals surface area contributed by atoms with E-state index in [-0.39, 0.29) is 23.8 Å². The quantitative estimate of drug-likeness (QED) is 0.727. The van der Waals surface area contributed by atoms with Crippen LogP contribution in [0.5, 0.6) is 0 Å². The molecule has 2 N–H and O–H groups in total. The number of ether oxygens (including phenoxy) is 1. The van der Waals surface area contributed by atoms with Crippen molar-refractivity contribution < 1.29 is 14.3 Å². The smallest absolute Gasteiger partial charge is 0.243 e. The zero-order chi connectivity index (χ0) is 14.4. The topological polar surface area (TPSA) is 67.4 Å². The maximum atomic E-state index is 11.9. The first-order chi connectivity index (χ1) is 9.65. The summed E-state index contributed by atoms with van der Waals surface area (Å²) in [5, 5.41) is 5.46. The van der Waals surface area contributed by atoms with Crippen molar-refractivity contribution in [1.82, 2.24) is 10.6 Å². The van der Waals surface area contributed by atoms with Gasteiger partial charge in [-0.2, -0.15) is 0 Å². The van der Waals surface area contributed by atoms with Crippen molar-refractivity contribution in [2.24, 2.45) is 5.92 Å². The fraction of sp³-hybridized carbons (Fsp3) is 0.733. The zero-order valence-electron chi connectivity index (χ0n) is 11.9. The number of hydrogen-bond acceptors (Lipinski definition) is 3. The zero-order valence-corrected chi connectivity index (χ0v) is 11.9. The van der Waals surface area contributed by atoms with Crippen molar-refractivity contribution in [1.29, 1.82) is 0 Å². The summed E-state index contributed by atoms with van der Waals surface area (Å²) in [6.07, 6.45) is 4.43. The monoisotopic (exact) mass is 278 g/mol. The van der Waals surface area contributed by atoms with Gasteiger partial charge in [0.05, 0.1) is 6.54 Å². The molecular weight excluding hydrogens is 256 g/mol. The maximum absolute atomic E-state index is 11.9. The highest BCUT2D eigenvalue weighted by Gasteiger charge is 2.28. The second-order valence-electron chi connectivity index (χ2n) is 5.56. The van der Waals surface area contributed by atoms with E-state index in [4.69, 9.17) is 4.74 Å². The van der Waals surface area contributed by atoms with Crippen LogP contribution in [0.2, 0.25) is 0 Å². The third-order valence-electron chi connectivity index (χ3n) is 3.62. The standard InChI is InChI=1S/C15H22N2O3/c1-11-9-13(17-14(18)10-11)15(19)16-7-4-6-12-5-2-3-8-20-12/h11-13H,2-3,5,7-10H2,1H3,(H,16,19)(H,17,18)/t11-,12?,13-/m1/s1. The van der Waals surface area contributed by atoms with Gasteiger partial charge in [-0.15, -0.1) is 0 Å². The van der Waals surface area contributed by atoms with E-state index in [1.807, 2.05) is 6.92 Å². The summed E-state index contributed by atoms with van der Waals surface area (Å²) in [7, 11) is 0. The Labute approximate surface area is 119 Å². The van der Waals surface area contributed by atoms with Gasteiger partial charge in [-0.25, -0.2) is 0 Å². The van der Waals surface area contributed by atoms with Crippen molar-refractivity contribution in [2.75, 3.05) is 13.2 Å². The van der Waals surface area contributed by atoms with Crippen LogP contribution in [0.4, 0.5) is 0 Å². The van der Waals surface area contributed by atoms with E-state index in [1.54, 1.807) is 0 Å². The van der Waals surface area contributed by atoms with E-state index in [0.717, 1.165) is 25.9 Å². The minimum atomic E-state index is -0.418. The molecule has 0 aliphatic carbocycles. The summed E-state index contributed by atoms with van der Waals surface area (Å²) in [5.41, 5.74) is 0. The number of amides is 2. The van der Waals surface area contributed by atoms with Gasteiger partial charge in [-0.3, -0.25) is 9.59 Å². The highest BCUT2D eigenvalue weighted by Crippen LogP contribution is 2.15. The Morgan fingerprint density at radius 2 is 2.35 bits per heavy atom. The van der Waals surface area contributed by atoms with Gasteiger partial charge in [0.25, 0.3) is 0 Å². The summed E-state index contributed by atoms with van der Waals surface area (Å²) in [6.45, 7) is 3.07. The van der Waals surface area contributed by atoms with Crippen molar-refractivity contribution in [2.45, 2.75) is 51.2 Å². The number of piperidine rings is 1. The molecule has 2 fully saturated rings. The minimum Gasteiger partial charge on any atom is -0.366 e. The number of rotatable bonds is 2. The number of nitrogens with one attached hydrogen (secondary N) is 2. The predicted octanol–water partition coefficient (Wildman–Crippen LogP) is 0.590. The Balaban J connectivity index is 1.72. The molecule has 0 spiro atoms. The second-order valence-corrected chi connectivity index (χ2v) is 5.56. The summed E-state index contributed by atoms with van der Waals surface area (Å²) < 4.78 is 5.49. The average molecular weight is 278 g/mol. The molecule has 5 nitrogen and oxygen atoms in total. The van der Waals surface area contributed by atoms with Gasteiger partial charge in [0.15, 0.2) is 0 Å². The van der Waals surface area contributed by atoms with E-state index in [9.17, 15) is 9.59 Å². The van der Waals surface area contributed by atoms with E-state index in [1.165, 1.54) is 0 Å². The first-order valence-electron chi connectivity index (χ1n) is 7.32. The minimum absolute atomic E-state index is 0.00931. The summed E-state index contributed by atoms with van der Waals surface area (Å²) in [4.78, 5) is 23.3. The molecule has 2 rings (SSSR count). The number of hydrogen-bond donors (Lipinski definition) is 2. The lowest BCUT2D eigenvalue weighted by molar-refractivity contribution is -0.132. The van der Waals surface area contributed by atoms with Crippen LogP contribution in [-0.2, 0) is 14.3 Å². The largest absolute Gasteiger partial charge is 0.366 e. The fourth-order valence-electron chi connectivity index (χ4n) is 2.56. The Morgan fingerprint density at radius 3 is 3.05 bits per heavy atom. The van der Waals surface area contributed by atoms with Gasteiger partial charge in [-0.1, -0.05) is 18.8 Å². The lowest BCUT2D eigenvalue weighted by Crippen LogP contribution is -2.50. The molecule has 2 saturated heterocycles. The summed E-state index contributed by atoms with van der Waals surface area (Å²) in [6, 6.07) is -0.418. The van der Waals surface area contributed by atoms with Gasteiger partial charge >= 0.3 is 0 Å². The second kappa shape index (κ2) is 7.30. The molecule has 3 atom stereocenters. The highest BCUT2D eigenvalue weighted by molar-refractivity contribution is 5.88. The van der Waals surface area contributed by atoms with Gasteiger partial charge in [0.2, 0.25) is 11.8 Å². The van der Waals surface area contributed by atoms with Crippen molar-refractivity contribution >= 4 is 11.8 Å². The molecule has 0 saturated carbocycles. The molecule has 0 bridgehead atoms. The molecule has 0 aromatic carbocycles. The predicted molar refractivity (Wildman–Crippen MR) is 74.7 cm³/mol. The third kappa shape index (κ3) is 4.53. The molecule has 2 aliphatic heterocycles. The van der Waals surface area contributed by atoms with Crippen LogP contribution in [0, 0.1) is 17.8 Å². The van der Waals surface area contributed by atoms with Crippen LogP contribution in [0.1, 0.15) is 39.0 Å². The van der Waals surface area contributed by atoms with Gasteiger partial charge in [-0.05, 0) is 31.6 Å². The first kappa shape index (κ1) is 14.9. The third-order valence-corrected chi connectivity index (χ3v) is 3.62. The summed E-state index contributed by atoms with van der Waals surface area (Å²) >= 11 is 0. The van der Waals surface area contributed by atoms with E-state index < -0.39 is 6.04 Å². The molecule has 5 heteroatoms. The van der Waals surface area contributed by atoms with Gasteiger partial charge in [0.1, 0.15) is 12.1 Å². The average Bonchev–Trinajstić information content (AvgIpc) is 2.43. The molecule has 0 radical (unpaired) electrons. The van der Waals surface area contributed by atoms with Crippen LogP contribution in [0.3, 0.4) is 0 Å². The molecule has 2 aliphatic rings. The molecular formula is C15H22N2O3. The molecule has 1 unspecified atom stereocenters. The Kier molecular flexibility index (Phi) is 5.42. The first-order valence-corrected chi connectivity index (χ1v) is 7.32. The van der Waals surface area contributed by atoms with E-state index >= 15 is 0 Å². The van der Waals surface area contributed by atoms with Gasteiger partial charge in [0, 0.05) is 13.0 Å². The molecule has 0 aromatic rings. The normalized spacial score (nSPS) is 29.9. The molecule has 2 heterocycles. The lowest BCUT2D eigenvalue weighted by Gasteiger charge is -2.26. The van der Waals surface area contributed by atoms with Crippen molar-refractivity contribution in [3.8, 4) is 11.8 Å². The molecule has 110 valence electrons. The van der Waals surface area contributed by atoms with Crippen LogP contribution in [0.15, 0.2) is 0 Å². The highest BCUT2D eigenvalue weighted by atomic mass is 16.5. The van der Waals surface area contributed by atoms with Crippen molar-refractivity contribution in [3.05, 3.63) is 0 Å². The fourth-order valence-corrected chi connectivity index (χ4v) is 2.56. The van der Waals surface area contributed by atoms with Crippen LogP contribution >= 0.6 is 0 Å². The van der Waals surface area contributed by atoms with E-state index in [0.29, 0.717) is 19.4 Å². The Bertz CT molecular complexity index is 419. The Hall–Kier alpha value is -1.54.